The number of carbonyl (C=O) groups is 1. The molecule has 0 saturated heterocycles. The number of aromatic nitrogens is 2. The van der Waals surface area contributed by atoms with Crippen molar-refractivity contribution < 1.29 is 4.79 Å². The van der Waals surface area contributed by atoms with Crippen LogP contribution in [-0.4, -0.2) is 15.4 Å². The number of ketones is 1. The molecule has 2 rings (SSSR count). The lowest BCUT2D eigenvalue weighted by atomic mass is 9.99. The van der Waals surface area contributed by atoms with Gasteiger partial charge in [-0.25, -0.2) is 0 Å². The van der Waals surface area contributed by atoms with Gasteiger partial charge in [0, 0.05) is 5.56 Å². The Bertz CT molecular complexity index is 590. The summed E-state index contributed by atoms with van der Waals surface area (Å²) in [6.45, 7) is 6.44. The fourth-order valence-corrected chi connectivity index (χ4v) is 2.89. The molecule has 0 atom stereocenters. The van der Waals surface area contributed by atoms with E-state index < -0.39 is 0 Å². The summed E-state index contributed by atoms with van der Waals surface area (Å²) in [5, 5.41) is 4.07. The van der Waals surface area contributed by atoms with Crippen LogP contribution in [0.5, 0.6) is 0 Å². The molecule has 4 heteroatoms. The number of benzene rings is 1. The molecule has 0 radical (unpaired) electrons. The van der Waals surface area contributed by atoms with E-state index in [0.717, 1.165) is 30.5 Å². The van der Waals surface area contributed by atoms with E-state index in [4.69, 9.17) is 0 Å². The van der Waals surface area contributed by atoms with E-state index in [1.165, 1.54) is 17.1 Å². The molecule has 0 saturated carbocycles. The second-order valence-electron chi connectivity index (χ2n) is 5.43. The number of aryl methyl sites for hydroxylation is 1. The van der Waals surface area contributed by atoms with Crippen LogP contribution in [0, 0.1) is 5.92 Å². The summed E-state index contributed by atoms with van der Waals surface area (Å²) in [5.74, 6) is 0.634. The third-order valence-corrected chi connectivity index (χ3v) is 3.85. The lowest BCUT2D eigenvalue weighted by Gasteiger charge is -2.06. The molecule has 0 fully saturated rings. The third-order valence-electron chi connectivity index (χ3n) is 3.08. The van der Waals surface area contributed by atoms with Gasteiger partial charge in [0.15, 0.2) is 0 Å². The molecule has 0 unspecified atom stereocenters. The number of carbonyl (C=O) groups excluding carboxylic acids is 1. The molecule has 2 aromatic rings. The molecular formula is C16H20N2OS. The molecule has 1 heterocycles. The summed E-state index contributed by atoms with van der Waals surface area (Å²) in [5.41, 5.74) is 2.78. The normalized spacial score (nSPS) is 11.0. The minimum atomic E-state index is 0.0501. The lowest BCUT2D eigenvalue weighted by Crippen LogP contribution is -2.04. The highest BCUT2D eigenvalue weighted by atomic mass is 32.1. The molecule has 3 nitrogen and oxygen atoms in total. The van der Waals surface area contributed by atoms with Gasteiger partial charge < -0.3 is 0 Å². The zero-order chi connectivity index (χ0) is 14.5. The standard InChI is InChI=1S/C16H20N2OS/c1-4-6-14-16(20-18-17-14)15(19)13-8-5-7-12(10-13)9-11(2)3/h5,7-8,10-11H,4,6,9H2,1-3H3. The van der Waals surface area contributed by atoms with E-state index in [0.29, 0.717) is 10.8 Å². The zero-order valence-corrected chi connectivity index (χ0v) is 13.0. The zero-order valence-electron chi connectivity index (χ0n) is 12.2. The van der Waals surface area contributed by atoms with Crippen LogP contribution in [-0.2, 0) is 12.8 Å². The number of rotatable bonds is 6. The van der Waals surface area contributed by atoms with Crippen molar-refractivity contribution in [2.24, 2.45) is 5.92 Å². The molecule has 1 aromatic carbocycles. The Morgan fingerprint density at radius 3 is 2.85 bits per heavy atom. The molecule has 0 bridgehead atoms. The van der Waals surface area contributed by atoms with Crippen molar-refractivity contribution in [1.82, 2.24) is 9.59 Å². The van der Waals surface area contributed by atoms with Crippen LogP contribution in [0.3, 0.4) is 0 Å². The largest absolute Gasteiger partial charge is 0.288 e. The summed E-state index contributed by atoms with van der Waals surface area (Å²) < 4.78 is 3.93. The Kier molecular flexibility index (Phi) is 5.01. The Balaban J connectivity index is 2.26. The highest BCUT2D eigenvalue weighted by Gasteiger charge is 2.17. The summed E-state index contributed by atoms with van der Waals surface area (Å²) in [6, 6.07) is 7.91. The van der Waals surface area contributed by atoms with Gasteiger partial charge in [0.25, 0.3) is 0 Å². The minimum Gasteiger partial charge on any atom is -0.288 e. The Morgan fingerprint density at radius 2 is 2.15 bits per heavy atom. The van der Waals surface area contributed by atoms with Gasteiger partial charge in [0.05, 0.1) is 5.69 Å². The maximum Gasteiger partial charge on any atom is 0.206 e. The highest BCUT2D eigenvalue weighted by Crippen LogP contribution is 2.19. The van der Waals surface area contributed by atoms with Crippen LogP contribution in [0.25, 0.3) is 0 Å². The molecule has 0 N–H and O–H groups in total. The van der Waals surface area contributed by atoms with Crippen LogP contribution in [0.4, 0.5) is 0 Å². The fourth-order valence-electron chi connectivity index (χ4n) is 2.22. The first-order valence-corrected chi connectivity index (χ1v) is 7.84. The first-order valence-electron chi connectivity index (χ1n) is 7.06. The SMILES string of the molecule is CCCc1nnsc1C(=O)c1cccc(CC(C)C)c1. The minimum absolute atomic E-state index is 0.0501. The van der Waals surface area contributed by atoms with Crippen molar-refractivity contribution in [3.63, 3.8) is 0 Å². The first-order chi connectivity index (χ1) is 9.61. The summed E-state index contributed by atoms with van der Waals surface area (Å²) >= 11 is 1.20. The van der Waals surface area contributed by atoms with Gasteiger partial charge >= 0.3 is 0 Å². The third kappa shape index (κ3) is 3.51. The van der Waals surface area contributed by atoms with Crippen LogP contribution < -0.4 is 0 Å². The average Bonchev–Trinajstić information content (AvgIpc) is 2.86. The summed E-state index contributed by atoms with van der Waals surface area (Å²) in [7, 11) is 0. The highest BCUT2D eigenvalue weighted by molar-refractivity contribution is 7.08. The molecule has 0 amide bonds. The predicted molar refractivity (Wildman–Crippen MR) is 82.3 cm³/mol. The Hall–Kier alpha value is -1.55. The van der Waals surface area contributed by atoms with E-state index in [-0.39, 0.29) is 5.78 Å². The molecule has 1 aromatic heterocycles. The monoisotopic (exact) mass is 288 g/mol. The lowest BCUT2D eigenvalue weighted by molar-refractivity contribution is 0.104. The van der Waals surface area contributed by atoms with E-state index in [1.54, 1.807) is 0 Å². The first kappa shape index (κ1) is 14.9. The van der Waals surface area contributed by atoms with Crippen molar-refractivity contribution in [3.8, 4) is 0 Å². The van der Waals surface area contributed by atoms with Gasteiger partial charge in [0.2, 0.25) is 5.78 Å². The quantitative estimate of drug-likeness (QED) is 0.757. The maximum atomic E-state index is 12.6. The number of hydrogen-bond donors (Lipinski definition) is 0. The maximum absolute atomic E-state index is 12.6. The van der Waals surface area contributed by atoms with Gasteiger partial charge in [-0.1, -0.05) is 49.9 Å². The molecule has 0 aliphatic heterocycles. The van der Waals surface area contributed by atoms with Crippen LogP contribution in [0.2, 0.25) is 0 Å². The summed E-state index contributed by atoms with van der Waals surface area (Å²) in [4.78, 5) is 13.3. The van der Waals surface area contributed by atoms with Crippen molar-refractivity contribution in [2.45, 2.75) is 40.0 Å². The van der Waals surface area contributed by atoms with Gasteiger partial charge in [-0.05, 0) is 41.9 Å². The van der Waals surface area contributed by atoms with Crippen molar-refractivity contribution >= 4 is 17.3 Å². The van der Waals surface area contributed by atoms with Gasteiger partial charge in [-0.2, -0.15) is 0 Å². The smallest absolute Gasteiger partial charge is 0.206 e. The molecule has 106 valence electrons. The van der Waals surface area contributed by atoms with Gasteiger partial charge in [-0.3, -0.25) is 4.79 Å². The van der Waals surface area contributed by atoms with E-state index in [9.17, 15) is 4.79 Å². The number of hydrogen-bond acceptors (Lipinski definition) is 4. The topological polar surface area (TPSA) is 42.9 Å². The molecular weight excluding hydrogens is 268 g/mol. The van der Waals surface area contributed by atoms with E-state index in [1.807, 2.05) is 18.2 Å². The average molecular weight is 288 g/mol. The summed E-state index contributed by atoms with van der Waals surface area (Å²) in [6.07, 6.45) is 2.77. The molecule has 20 heavy (non-hydrogen) atoms. The fraction of sp³-hybridized carbons (Fsp3) is 0.438. The molecule has 0 spiro atoms. The Labute approximate surface area is 124 Å². The number of nitrogens with zero attached hydrogens (tertiary/aromatic N) is 2. The van der Waals surface area contributed by atoms with Crippen molar-refractivity contribution in [2.75, 3.05) is 0 Å². The molecule has 0 aliphatic carbocycles. The second-order valence-corrected chi connectivity index (χ2v) is 6.18. The van der Waals surface area contributed by atoms with Crippen LogP contribution >= 0.6 is 11.5 Å². The van der Waals surface area contributed by atoms with Gasteiger partial charge in [0.1, 0.15) is 4.88 Å². The van der Waals surface area contributed by atoms with Crippen LogP contribution in [0.1, 0.15) is 53.7 Å². The van der Waals surface area contributed by atoms with Crippen molar-refractivity contribution in [1.29, 1.82) is 0 Å². The molecule has 0 aliphatic rings. The van der Waals surface area contributed by atoms with E-state index in [2.05, 4.69) is 36.4 Å². The van der Waals surface area contributed by atoms with Crippen LogP contribution in [0.15, 0.2) is 24.3 Å². The second kappa shape index (κ2) is 6.75. The van der Waals surface area contributed by atoms with E-state index >= 15 is 0 Å². The van der Waals surface area contributed by atoms with Gasteiger partial charge in [-0.15, -0.1) is 5.10 Å². The van der Waals surface area contributed by atoms with Crippen molar-refractivity contribution in [3.05, 3.63) is 46.0 Å². The Morgan fingerprint density at radius 1 is 1.35 bits per heavy atom. The predicted octanol–water partition coefficient (Wildman–Crippen LogP) is 3.92.